The van der Waals surface area contributed by atoms with Crippen molar-refractivity contribution in [3.8, 4) is 0 Å². The molecule has 0 saturated carbocycles. The number of hydrogen-bond acceptors (Lipinski definition) is 1. The van der Waals surface area contributed by atoms with E-state index in [1.807, 2.05) is 22.9 Å². The summed E-state index contributed by atoms with van der Waals surface area (Å²) in [4.78, 5) is 12.2. The summed E-state index contributed by atoms with van der Waals surface area (Å²) < 4.78 is 15.9. The molecule has 3 nitrogen and oxygen atoms in total. The topological polar surface area (TPSA) is 34.0 Å². The molecule has 1 aromatic heterocycles. The van der Waals surface area contributed by atoms with Crippen LogP contribution in [0.15, 0.2) is 41.0 Å². The highest BCUT2D eigenvalue weighted by Crippen LogP contribution is 2.15. The highest BCUT2D eigenvalue weighted by molar-refractivity contribution is 9.10. The van der Waals surface area contributed by atoms with Gasteiger partial charge in [-0.2, -0.15) is 0 Å². The Morgan fingerprint density at radius 3 is 2.90 bits per heavy atom. The minimum Gasteiger partial charge on any atom is -0.350 e. The van der Waals surface area contributed by atoms with Crippen molar-refractivity contribution >= 4 is 21.8 Å². The fourth-order valence-corrected chi connectivity index (χ4v) is 2.66. The number of aromatic nitrogens is 1. The Labute approximate surface area is 132 Å². The predicted octanol–water partition coefficient (Wildman–Crippen LogP) is 3.77. The summed E-state index contributed by atoms with van der Waals surface area (Å²) in [7, 11) is 0. The molecule has 1 heterocycles. The molecule has 0 saturated heterocycles. The first-order valence-electron chi connectivity index (χ1n) is 6.98. The van der Waals surface area contributed by atoms with E-state index in [2.05, 4.69) is 28.2 Å². The molecule has 2 aromatic rings. The van der Waals surface area contributed by atoms with Crippen molar-refractivity contribution in [2.45, 2.75) is 26.3 Å². The van der Waals surface area contributed by atoms with Crippen molar-refractivity contribution in [1.29, 1.82) is 0 Å². The Hall–Kier alpha value is -1.62. The van der Waals surface area contributed by atoms with E-state index in [1.165, 1.54) is 12.1 Å². The average molecular weight is 353 g/mol. The van der Waals surface area contributed by atoms with Crippen LogP contribution in [0.2, 0.25) is 0 Å². The quantitative estimate of drug-likeness (QED) is 0.843. The standard InChI is InChI=1S/C16H18BrFN2O/c1-2-8-20-11-13(17)10-15(20)16(21)19-7-6-12-4-3-5-14(18)9-12/h3-5,9-11H,2,6-8H2,1H3,(H,19,21). The lowest BCUT2D eigenvalue weighted by atomic mass is 10.1. The van der Waals surface area contributed by atoms with Crippen LogP contribution in [-0.2, 0) is 13.0 Å². The van der Waals surface area contributed by atoms with Crippen molar-refractivity contribution in [3.05, 3.63) is 58.1 Å². The number of amides is 1. The number of rotatable bonds is 6. The fourth-order valence-electron chi connectivity index (χ4n) is 2.19. The zero-order chi connectivity index (χ0) is 15.2. The lowest BCUT2D eigenvalue weighted by molar-refractivity contribution is 0.0944. The molecule has 0 aliphatic rings. The normalized spacial score (nSPS) is 10.6. The SMILES string of the molecule is CCCn1cc(Br)cc1C(=O)NCCc1cccc(F)c1. The van der Waals surface area contributed by atoms with Crippen LogP contribution in [0.3, 0.4) is 0 Å². The lowest BCUT2D eigenvalue weighted by Gasteiger charge is -2.08. The summed E-state index contributed by atoms with van der Waals surface area (Å²) in [5.41, 5.74) is 1.52. The number of aryl methyl sites for hydroxylation is 1. The van der Waals surface area contributed by atoms with Gasteiger partial charge in [-0.05, 0) is 52.5 Å². The Kier molecular flexibility index (Phi) is 5.56. The summed E-state index contributed by atoms with van der Waals surface area (Å²) in [6, 6.07) is 8.24. The van der Waals surface area contributed by atoms with Crippen LogP contribution in [0, 0.1) is 5.82 Å². The Morgan fingerprint density at radius 2 is 2.19 bits per heavy atom. The molecule has 1 aromatic carbocycles. The molecule has 0 spiro atoms. The number of carbonyl (C=O) groups excluding carboxylic acids is 1. The Bertz CT molecular complexity index is 624. The lowest BCUT2D eigenvalue weighted by Crippen LogP contribution is -2.27. The molecule has 112 valence electrons. The van der Waals surface area contributed by atoms with Gasteiger partial charge in [-0.15, -0.1) is 0 Å². The van der Waals surface area contributed by atoms with Crippen molar-refractivity contribution in [3.63, 3.8) is 0 Å². The third-order valence-corrected chi connectivity index (χ3v) is 3.58. The van der Waals surface area contributed by atoms with Crippen molar-refractivity contribution in [2.24, 2.45) is 0 Å². The van der Waals surface area contributed by atoms with E-state index in [4.69, 9.17) is 0 Å². The predicted molar refractivity (Wildman–Crippen MR) is 84.9 cm³/mol. The van der Waals surface area contributed by atoms with Gasteiger partial charge in [0, 0.05) is 23.8 Å². The van der Waals surface area contributed by atoms with Crippen LogP contribution in [-0.4, -0.2) is 17.0 Å². The van der Waals surface area contributed by atoms with Crippen LogP contribution in [0.25, 0.3) is 0 Å². The molecule has 2 rings (SSSR count). The van der Waals surface area contributed by atoms with Gasteiger partial charge >= 0.3 is 0 Å². The maximum Gasteiger partial charge on any atom is 0.267 e. The van der Waals surface area contributed by atoms with Gasteiger partial charge in [0.15, 0.2) is 0 Å². The first kappa shape index (κ1) is 15.8. The maximum atomic E-state index is 13.1. The molecular weight excluding hydrogens is 335 g/mol. The second-order valence-corrected chi connectivity index (χ2v) is 5.79. The Morgan fingerprint density at radius 1 is 1.38 bits per heavy atom. The van der Waals surface area contributed by atoms with E-state index in [-0.39, 0.29) is 11.7 Å². The summed E-state index contributed by atoms with van der Waals surface area (Å²) >= 11 is 3.39. The summed E-state index contributed by atoms with van der Waals surface area (Å²) in [6.07, 6.45) is 3.48. The highest BCUT2D eigenvalue weighted by atomic mass is 79.9. The summed E-state index contributed by atoms with van der Waals surface area (Å²) in [6.45, 7) is 3.36. The third kappa shape index (κ3) is 4.43. The Balaban J connectivity index is 1.93. The first-order valence-corrected chi connectivity index (χ1v) is 7.77. The van der Waals surface area contributed by atoms with Crippen molar-refractivity contribution in [2.75, 3.05) is 6.54 Å². The molecule has 0 bridgehead atoms. The molecule has 0 aliphatic carbocycles. The van der Waals surface area contributed by atoms with E-state index in [0.717, 1.165) is 23.0 Å². The largest absolute Gasteiger partial charge is 0.350 e. The molecule has 1 N–H and O–H groups in total. The fraction of sp³-hybridized carbons (Fsp3) is 0.312. The minimum atomic E-state index is -0.250. The average Bonchev–Trinajstić information content (AvgIpc) is 2.80. The van der Waals surface area contributed by atoms with E-state index >= 15 is 0 Å². The smallest absolute Gasteiger partial charge is 0.267 e. The van der Waals surface area contributed by atoms with Gasteiger partial charge < -0.3 is 9.88 Å². The molecule has 0 fully saturated rings. The third-order valence-electron chi connectivity index (χ3n) is 3.15. The summed E-state index contributed by atoms with van der Waals surface area (Å²) in [5, 5.41) is 2.88. The van der Waals surface area contributed by atoms with Crippen molar-refractivity contribution < 1.29 is 9.18 Å². The van der Waals surface area contributed by atoms with Gasteiger partial charge in [0.1, 0.15) is 11.5 Å². The maximum absolute atomic E-state index is 13.1. The number of benzene rings is 1. The zero-order valence-electron chi connectivity index (χ0n) is 11.9. The zero-order valence-corrected chi connectivity index (χ0v) is 13.5. The number of nitrogens with one attached hydrogen (secondary N) is 1. The minimum absolute atomic E-state index is 0.106. The van der Waals surface area contributed by atoms with Crippen LogP contribution >= 0.6 is 15.9 Å². The van der Waals surface area contributed by atoms with Crippen LogP contribution in [0.4, 0.5) is 4.39 Å². The number of hydrogen-bond donors (Lipinski definition) is 1. The van der Waals surface area contributed by atoms with Crippen LogP contribution in [0.5, 0.6) is 0 Å². The molecule has 21 heavy (non-hydrogen) atoms. The second-order valence-electron chi connectivity index (χ2n) is 4.87. The van der Waals surface area contributed by atoms with Crippen LogP contribution in [0.1, 0.15) is 29.4 Å². The van der Waals surface area contributed by atoms with Gasteiger partial charge in [0.2, 0.25) is 0 Å². The highest BCUT2D eigenvalue weighted by Gasteiger charge is 2.12. The van der Waals surface area contributed by atoms with Crippen molar-refractivity contribution in [1.82, 2.24) is 9.88 Å². The summed E-state index contributed by atoms with van der Waals surface area (Å²) in [5.74, 6) is -0.356. The van der Waals surface area contributed by atoms with E-state index in [9.17, 15) is 9.18 Å². The van der Waals surface area contributed by atoms with Gasteiger partial charge in [-0.3, -0.25) is 4.79 Å². The number of nitrogens with zero attached hydrogens (tertiary/aromatic N) is 1. The second kappa shape index (κ2) is 7.41. The monoisotopic (exact) mass is 352 g/mol. The first-order chi connectivity index (χ1) is 10.1. The molecule has 0 radical (unpaired) electrons. The molecule has 0 unspecified atom stereocenters. The van der Waals surface area contributed by atoms with E-state index in [0.29, 0.717) is 18.7 Å². The van der Waals surface area contributed by atoms with Crippen LogP contribution < -0.4 is 5.32 Å². The number of carbonyl (C=O) groups is 1. The molecule has 0 atom stereocenters. The molecular formula is C16H18BrFN2O. The molecule has 1 amide bonds. The van der Waals surface area contributed by atoms with E-state index < -0.39 is 0 Å². The van der Waals surface area contributed by atoms with Gasteiger partial charge in [0.05, 0.1) is 0 Å². The molecule has 0 aliphatic heterocycles. The number of halogens is 2. The van der Waals surface area contributed by atoms with Gasteiger partial charge in [0.25, 0.3) is 5.91 Å². The van der Waals surface area contributed by atoms with Gasteiger partial charge in [-0.1, -0.05) is 19.1 Å². The molecule has 5 heteroatoms. The van der Waals surface area contributed by atoms with E-state index in [1.54, 1.807) is 6.07 Å². The van der Waals surface area contributed by atoms with Gasteiger partial charge in [-0.25, -0.2) is 4.39 Å².